The highest BCUT2D eigenvalue weighted by Gasteiger charge is 2.29. The van der Waals surface area contributed by atoms with E-state index in [9.17, 15) is 17.6 Å². The third kappa shape index (κ3) is 5.27. The van der Waals surface area contributed by atoms with Gasteiger partial charge in [-0.1, -0.05) is 17.8 Å². The number of hydrogen-bond acceptors (Lipinski definition) is 7. The summed E-state index contributed by atoms with van der Waals surface area (Å²) in [5.41, 5.74) is 0.374. The molecule has 1 aromatic carbocycles. The van der Waals surface area contributed by atoms with E-state index < -0.39 is 15.7 Å². The molecule has 2 aromatic rings. The minimum atomic E-state index is -2.94. The summed E-state index contributed by atoms with van der Waals surface area (Å²) in [5, 5.41) is 10.5. The minimum Gasteiger partial charge on any atom is -0.416 e. The molecule has 1 amide bonds. The molecule has 1 atom stereocenters. The smallest absolute Gasteiger partial charge is 0.277 e. The second-order valence-electron chi connectivity index (χ2n) is 5.78. The normalized spacial score (nSPS) is 19.0. The van der Waals surface area contributed by atoms with E-state index in [1.165, 1.54) is 18.2 Å². The van der Waals surface area contributed by atoms with Gasteiger partial charge in [-0.05, 0) is 30.5 Å². The molecule has 0 spiro atoms. The molecule has 1 aliphatic rings. The van der Waals surface area contributed by atoms with Crippen LogP contribution in [0.1, 0.15) is 12.3 Å². The number of hydrogen-bond donors (Lipinski definition) is 1. The Morgan fingerprint density at radius 2 is 2.24 bits per heavy atom. The molecule has 2 heterocycles. The van der Waals surface area contributed by atoms with Crippen molar-refractivity contribution < 1.29 is 22.0 Å². The number of halogens is 1. The van der Waals surface area contributed by atoms with Crippen molar-refractivity contribution in [3.05, 3.63) is 36.0 Å². The van der Waals surface area contributed by atoms with E-state index in [-0.39, 0.29) is 34.3 Å². The molecule has 1 fully saturated rings. The van der Waals surface area contributed by atoms with Gasteiger partial charge in [0.25, 0.3) is 5.22 Å². The Bertz CT molecular complexity index is 869. The molecular weight excluding hydrogens is 369 g/mol. The summed E-state index contributed by atoms with van der Waals surface area (Å²) >= 11 is 1.07. The molecule has 10 heteroatoms. The highest BCUT2D eigenvalue weighted by Crippen LogP contribution is 2.24. The van der Waals surface area contributed by atoms with Crippen molar-refractivity contribution in [3.8, 4) is 0 Å². The zero-order valence-electron chi connectivity index (χ0n) is 13.1. The summed E-state index contributed by atoms with van der Waals surface area (Å²) in [5.74, 6) is 0.00482. The summed E-state index contributed by atoms with van der Waals surface area (Å²) in [4.78, 5) is 11.8. The number of sulfone groups is 1. The Morgan fingerprint density at radius 1 is 1.40 bits per heavy atom. The highest BCUT2D eigenvalue weighted by molar-refractivity contribution is 7.99. The Labute approximate surface area is 148 Å². The molecule has 1 aromatic heterocycles. The van der Waals surface area contributed by atoms with Crippen LogP contribution in [0, 0.1) is 11.7 Å². The van der Waals surface area contributed by atoms with E-state index >= 15 is 0 Å². The second-order valence-corrected chi connectivity index (χ2v) is 8.94. The molecule has 1 saturated heterocycles. The first kappa shape index (κ1) is 17.9. The molecule has 7 nitrogen and oxygen atoms in total. The van der Waals surface area contributed by atoms with E-state index in [2.05, 4.69) is 15.5 Å². The number of thioether (sulfide) groups is 1. The van der Waals surface area contributed by atoms with Crippen LogP contribution in [0.5, 0.6) is 0 Å². The highest BCUT2D eigenvalue weighted by atomic mass is 32.2. The fraction of sp³-hybridized carbons (Fsp3) is 0.400. The van der Waals surface area contributed by atoms with Gasteiger partial charge in [0, 0.05) is 12.1 Å². The van der Waals surface area contributed by atoms with Crippen LogP contribution in [0.15, 0.2) is 33.9 Å². The zero-order chi connectivity index (χ0) is 17.9. The summed E-state index contributed by atoms with van der Waals surface area (Å²) in [6, 6.07) is 5.61. The minimum absolute atomic E-state index is 0.000393. The van der Waals surface area contributed by atoms with Gasteiger partial charge in [0.15, 0.2) is 9.84 Å². The van der Waals surface area contributed by atoms with Crippen LogP contribution >= 0.6 is 11.8 Å². The quantitative estimate of drug-likeness (QED) is 0.758. The molecule has 0 unspecified atom stereocenters. The molecule has 3 rings (SSSR count). The first-order valence-electron chi connectivity index (χ1n) is 7.61. The molecule has 25 heavy (non-hydrogen) atoms. The number of carbonyl (C=O) groups excluding carboxylic acids is 1. The molecule has 0 aliphatic carbocycles. The summed E-state index contributed by atoms with van der Waals surface area (Å²) in [6.07, 6.45) is 1.02. The standard InChI is InChI=1S/C15H16FN3O4S2/c16-11-2-1-3-12(7-11)17-13(20)8-24-15-19-18-14(23-15)6-10-4-5-25(21,22)9-10/h1-3,7,10H,4-6,8-9H2,(H,17,20)/t10-/m1/s1. The van der Waals surface area contributed by atoms with Gasteiger partial charge in [0.1, 0.15) is 5.82 Å². The number of aromatic nitrogens is 2. The maximum absolute atomic E-state index is 13.1. The molecule has 1 aliphatic heterocycles. The Hall–Kier alpha value is -1.94. The first-order valence-corrected chi connectivity index (χ1v) is 10.4. The molecule has 0 bridgehead atoms. The van der Waals surface area contributed by atoms with Gasteiger partial charge in [-0.3, -0.25) is 4.79 Å². The SMILES string of the molecule is O=C(CSc1nnc(C[C@H]2CCS(=O)(=O)C2)o1)Nc1cccc(F)c1. The maximum Gasteiger partial charge on any atom is 0.277 e. The lowest BCUT2D eigenvalue weighted by Crippen LogP contribution is -2.14. The molecule has 134 valence electrons. The summed E-state index contributed by atoms with van der Waals surface area (Å²) < 4.78 is 41.4. The lowest BCUT2D eigenvalue weighted by atomic mass is 10.1. The van der Waals surface area contributed by atoms with E-state index in [1.807, 2.05) is 0 Å². The number of benzene rings is 1. The number of anilines is 1. The van der Waals surface area contributed by atoms with Gasteiger partial charge in [0.05, 0.1) is 17.3 Å². The van der Waals surface area contributed by atoms with Crippen LogP contribution < -0.4 is 5.32 Å². The fourth-order valence-electron chi connectivity index (χ4n) is 2.55. The largest absolute Gasteiger partial charge is 0.416 e. The van der Waals surface area contributed by atoms with Gasteiger partial charge in [-0.25, -0.2) is 12.8 Å². The van der Waals surface area contributed by atoms with Crippen molar-refractivity contribution >= 4 is 33.2 Å². The van der Waals surface area contributed by atoms with Crippen molar-refractivity contribution in [2.45, 2.75) is 18.1 Å². The average molecular weight is 385 g/mol. The van der Waals surface area contributed by atoms with Crippen molar-refractivity contribution in [1.82, 2.24) is 10.2 Å². The zero-order valence-corrected chi connectivity index (χ0v) is 14.8. The van der Waals surface area contributed by atoms with Gasteiger partial charge in [0.2, 0.25) is 11.8 Å². The van der Waals surface area contributed by atoms with Crippen LogP contribution in [0.4, 0.5) is 10.1 Å². The van der Waals surface area contributed by atoms with E-state index in [0.29, 0.717) is 24.4 Å². The molecule has 1 N–H and O–H groups in total. The van der Waals surface area contributed by atoms with Gasteiger partial charge in [-0.2, -0.15) is 0 Å². The van der Waals surface area contributed by atoms with Gasteiger partial charge >= 0.3 is 0 Å². The van der Waals surface area contributed by atoms with Crippen LogP contribution in [0.25, 0.3) is 0 Å². The average Bonchev–Trinajstić information content (AvgIpc) is 3.12. The third-order valence-electron chi connectivity index (χ3n) is 3.67. The monoisotopic (exact) mass is 385 g/mol. The Balaban J connectivity index is 1.47. The molecular formula is C15H16FN3O4S2. The predicted molar refractivity (Wildman–Crippen MR) is 90.5 cm³/mol. The van der Waals surface area contributed by atoms with Crippen LogP contribution in [0.3, 0.4) is 0 Å². The van der Waals surface area contributed by atoms with Crippen LogP contribution in [0.2, 0.25) is 0 Å². The van der Waals surface area contributed by atoms with Crippen LogP contribution in [-0.2, 0) is 21.1 Å². The number of carbonyl (C=O) groups is 1. The number of nitrogens with one attached hydrogen (secondary N) is 1. The number of nitrogens with zero attached hydrogens (tertiary/aromatic N) is 2. The Kier molecular flexibility index (Phi) is 5.38. The molecule has 0 saturated carbocycles. The fourth-order valence-corrected chi connectivity index (χ4v) is 4.99. The van der Waals surface area contributed by atoms with Gasteiger partial charge in [-0.15, -0.1) is 10.2 Å². The topological polar surface area (TPSA) is 102 Å². The second kappa shape index (κ2) is 7.52. The first-order chi connectivity index (χ1) is 11.9. The lowest BCUT2D eigenvalue weighted by molar-refractivity contribution is -0.113. The maximum atomic E-state index is 13.1. The van der Waals surface area contributed by atoms with Gasteiger partial charge < -0.3 is 9.73 Å². The predicted octanol–water partition coefficient (Wildman–Crippen LogP) is 1.92. The summed E-state index contributed by atoms with van der Waals surface area (Å²) in [7, 11) is -2.94. The van der Waals surface area contributed by atoms with Crippen molar-refractivity contribution in [2.75, 3.05) is 22.6 Å². The number of rotatable bonds is 6. The lowest BCUT2D eigenvalue weighted by Gasteiger charge is -2.03. The van der Waals surface area contributed by atoms with E-state index in [1.54, 1.807) is 6.07 Å². The van der Waals surface area contributed by atoms with E-state index in [4.69, 9.17) is 4.42 Å². The van der Waals surface area contributed by atoms with Crippen molar-refractivity contribution in [1.29, 1.82) is 0 Å². The van der Waals surface area contributed by atoms with E-state index in [0.717, 1.165) is 11.8 Å². The van der Waals surface area contributed by atoms with Crippen molar-refractivity contribution in [3.63, 3.8) is 0 Å². The van der Waals surface area contributed by atoms with Crippen molar-refractivity contribution in [2.24, 2.45) is 5.92 Å². The molecule has 0 radical (unpaired) electrons. The number of amides is 1. The third-order valence-corrected chi connectivity index (χ3v) is 6.33. The van der Waals surface area contributed by atoms with Crippen LogP contribution in [-0.4, -0.2) is 41.8 Å². The summed E-state index contributed by atoms with van der Waals surface area (Å²) in [6.45, 7) is 0. The Morgan fingerprint density at radius 3 is 2.96 bits per heavy atom.